The van der Waals surface area contributed by atoms with E-state index in [1.807, 2.05) is 0 Å². The third-order valence-electron chi connectivity index (χ3n) is 6.68. The van der Waals surface area contributed by atoms with Gasteiger partial charge in [-0.25, -0.2) is 22.0 Å². The second kappa shape index (κ2) is 8.52. The van der Waals surface area contributed by atoms with E-state index in [1.165, 1.54) is 6.07 Å². The largest absolute Gasteiger partial charge is 0.206 e. The fourth-order valence-corrected chi connectivity index (χ4v) is 5.22. The molecule has 2 aliphatic carbocycles. The number of hydrogen-bond donors (Lipinski definition) is 0. The van der Waals surface area contributed by atoms with Crippen LogP contribution in [0.1, 0.15) is 62.5 Å². The Morgan fingerprint density at radius 3 is 2.33 bits per heavy atom. The summed E-state index contributed by atoms with van der Waals surface area (Å²) in [5, 5.41) is 0. The van der Waals surface area contributed by atoms with E-state index in [1.54, 1.807) is 0 Å². The molecule has 3 unspecified atom stereocenters. The normalized spacial score (nSPS) is 23.5. The highest BCUT2D eigenvalue weighted by atomic mass is 19.2. The summed E-state index contributed by atoms with van der Waals surface area (Å²) in [5.41, 5.74) is 0.305. The van der Waals surface area contributed by atoms with E-state index in [0.717, 1.165) is 38.5 Å². The van der Waals surface area contributed by atoms with E-state index in [9.17, 15) is 17.6 Å². The molecule has 0 aliphatic heterocycles. The van der Waals surface area contributed by atoms with Gasteiger partial charge in [-0.15, -0.1) is 0 Å². The second-order valence-electron chi connectivity index (χ2n) is 8.56. The molecule has 2 aromatic rings. The first-order valence-electron chi connectivity index (χ1n) is 10.7. The summed E-state index contributed by atoms with van der Waals surface area (Å²) in [6, 6.07) is 2.62. The molecule has 160 valence electrons. The van der Waals surface area contributed by atoms with Crippen molar-refractivity contribution in [1.29, 1.82) is 0 Å². The summed E-state index contributed by atoms with van der Waals surface area (Å²) in [7, 11) is 0. The van der Waals surface area contributed by atoms with Gasteiger partial charge in [0.2, 0.25) is 0 Å². The molecule has 4 rings (SSSR count). The molecule has 30 heavy (non-hydrogen) atoms. The Balaban J connectivity index is 1.66. The first-order chi connectivity index (χ1) is 14.4. The molecule has 5 heteroatoms. The van der Waals surface area contributed by atoms with E-state index in [2.05, 4.69) is 19.1 Å². The van der Waals surface area contributed by atoms with Gasteiger partial charge >= 0.3 is 0 Å². The second-order valence-corrected chi connectivity index (χ2v) is 8.56. The summed E-state index contributed by atoms with van der Waals surface area (Å²) in [4.78, 5) is 0. The van der Waals surface area contributed by atoms with Gasteiger partial charge in [-0.3, -0.25) is 0 Å². The predicted molar refractivity (Wildman–Crippen MR) is 108 cm³/mol. The van der Waals surface area contributed by atoms with E-state index < -0.39 is 34.6 Å². The fraction of sp³-hybridized carbons (Fsp3) is 0.440. The first-order valence-corrected chi connectivity index (χ1v) is 10.7. The Morgan fingerprint density at radius 1 is 0.900 bits per heavy atom. The number of hydrogen-bond acceptors (Lipinski definition) is 0. The number of unbranched alkanes of at least 4 members (excludes halogenated alkanes) is 1. The highest BCUT2D eigenvalue weighted by Gasteiger charge is 2.37. The van der Waals surface area contributed by atoms with Crippen LogP contribution in [0.4, 0.5) is 22.0 Å². The Kier molecular flexibility index (Phi) is 5.99. The van der Waals surface area contributed by atoms with Gasteiger partial charge in [0, 0.05) is 0 Å². The average molecular weight is 420 g/mol. The predicted octanol–water partition coefficient (Wildman–Crippen LogP) is 7.85. The lowest BCUT2D eigenvalue weighted by Gasteiger charge is -2.40. The molecule has 0 nitrogen and oxygen atoms in total. The van der Waals surface area contributed by atoms with Gasteiger partial charge in [-0.2, -0.15) is 0 Å². The van der Waals surface area contributed by atoms with Crippen molar-refractivity contribution >= 4 is 0 Å². The number of allylic oxidation sites excluding steroid dienone is 2. The molecule has 0 heterocycles. The summed E-state index contributed by atoms with van der Waals surface area (Å²) in [6.45, 7) is 2.14. The van der Waals surface area contributed by atoms with Gasteiger partial charge in [0.25, 0.3) is 0 Å². The van der Waals surface area contributed by atoms with Crippen LogP contribution < -0.4 is 0 Å². The minimum absolute atomic E-state index is 0.101. The third-order valence-corrected chi connectivity index (χ3v) is 6.68. The van der Waals surface area contributed by atoms with E-state index in [4.69, 9.17) is 0 Å². The van der Waals surface area contributed by atoms with Crippen molar-refractivity contribution < 1.29 is 22.0 Å². The van der Waals surface area contributed by atoms with Crippen LogP contribution in [0.2, 0.25) is 0 Å². The molecule has 0 spiro atoms. The molecule has 0 radical (unpaired) electrons. The van der Waals surface area contributed by atoms with E-state index in [-0.39, 0.29) is 11.5 Å². The van der Waals surface area contributed by atoms with Crippen molar-refractivity contribution in [3.8, 4) is 11.1 Å². The van der Waals surface area contributed by atoms with Crippen LogP contribution >= 0.6 is 0 Å². The van der Waals surface area contributed by atoms with Gasteiger partial charge in [-0.1, -0.05) is 25.5 Å². The number of halogens is 5. The molecular weight excluding hydrogens is 395 g/mol. The van der Waals surface area contributed by atoms with Gasteiger partial charge in [0.05, 0.1) is 5.56 Å². The lowest BCUT2D eigenvalue weighted by molar-refractivity contribution is 0.234. The van der Waals surface area contributed by atoms with E-state index >= 15 is 4.39 Å². The zero-order valence-corrected chi connectivity index (χ0v) is 17.0. The van der Waals surface area contributed by atoms with Gasteiger partial charge in [-0.05, 0) is 91.2 Å². The first kappa shape index (κ1) is 21.1. The van der Waals surface area contributed by atoms with Gasteiger partial charge in [0.15, 0.2) is 17.5 Å². The minimum atomic E-state index is -1.65. The Bertz CT molecular complexity index is 955. The van der Waals surface area contributed by atoms with Crippen molar-refractivity contribution in [1.82, 2.24) is 0 Å². The summed E-state index contributed by atoms with van der Waals surface area (Å²) >= 11 is 0. The average Bonchev–Trinajstić information content (AvgIpc) is 2.72. The van der Waals surface area contributed by atoms with Crippen molar-refractivity contribution in [2.75, 3.05) is 0 Å². The molecule has 2 aromatic carbocycles. The van der Waals surface area contributed by atoms with Crippen molar-refractivity contribution in [3.63, 3.8) is 0 Å². The van der Waals surface area contributed by atoms with Crippen LogP contribution in [0.5, 0.6) is 0 Å². The SMILES string of the molecule is CCCC=CC1CCC2c3cc(F)c(-c4cc(F)c(F)c(F)c4)c(F)c3CCC2C1. The zero-order chi connectivity index (χ0) is 21.4. The van der Waals surface area contributed by atoms with Gasteiger partial charge in [0.1, 0.15) is 11.6 Å². The molecular formula is C25H25F5. The minimum Gasteiger partial charge on any atom is -0.206 e. The van der Waals surface area contributed by atoms with Crippen LogP contribution in [0.3, 0.4) is 0 Å². The zero-order valence-electron chi connectivity index (χ0n) is 17.0. The maximum atomic E-state index is 15.3. The maximum Gasteiger partial charge on any atom is 0.194 e. The number of benzene rings is 2. The van der Waals surface area contributed by atoms with Crippen LogP contribution in [0, 0.1) is 40.9 Å². The fourth-order valence-electron chi connectivity index (χ4n) is 5.22. The summed E-state index contributed by atoms with van der Waals surface area (Å²) < 4.78 is 70.8. The van der Waals surface area contributed by atoms with Gasteiger partial charge < -0.3 is 0 Å². The third kappa shape index (κ3) is 3.79. The Morgan fingerprint density at radius 2 is 1.63 bits per heavy atom. The maximum absolute atomic E-state index is 15.3. The van der Waals surface area contributed by atoms with Crippen LogP contribution in [-0.4, -0.2) is 0 Å². The Hall–Kier alpha value is -2.17. The van der Waals surface area contributed by atoms with Crippen LogP contribution in [0.15, 0.2) is 30.4 Å². The molecule has 1 fully saturated rings. The highest BCUT2D eigenvalue weighted by Crippen LogP contribution is 2.49. The molecule has 0 aromatic heterocycles. The van der Waals surface area contributed by atoms with E-state index in [0.29, 0.717) is 41.5 Å². The lowest BCUT2D eigenvalue weighted by atomic mass is 9.65. The van der Waals surface area contributed by atoms with Crippen molar-refractivity contribution in [2.24, 2.45) is 11.8 Å². The van der Waals surface area contributed by atoms with Crippen LogP contribution in [-0.2, 0) is 6.42 Å². The molecule has 2 aliphatic rings. The molecule has 3 atom stereocenters. The van der Waals surface area contributed by atoms with Crippen molar-refractivity contribution in [2.45, 2.75) is 57.8 Å². The molecule has 0 amide bonds. The monoisotopic (exact) mass is 420 g/mol. The number of fused-ring (bicyclic) bond motifs is 3. The summed E-state index contributed by atoms with van der Waals surface area (Å²) in [5.74, 6) is -5.21. The highest BCUT2D eigenvalue weighted by molar-refractivity contribution is 5.67. The lowest BCUT2D eigenvalue weighted by Crippen LogP contribution is -2.28. The Labute approximate surface area is 173 Å². The quantitative estimate of drug-likeness (QED) is 0.268. The van der Waals surface area contributed by atoms with Crippen molar-refractivity contribution in [3.05, 3.63) is 70.6 Å². The molecule has 0 N–H and O–H groups in total. The smallest absolute Gasteiger partial charge is 0.194 e. The standard InChI is InChI=1S/C25H25F5/c1-2-3-4-5-14-6-8-17-15(10-14)7-9-18-19(17)13-20(26)23(24(18)29)16-11-21(27)25(30)22(28)12-16/h4-5,11-15,17H,2-3,6-10H2,1H3. The summed E-state index contributed by atoms with van der Waals surface area (Å²) in [6.07, 6.45) is 10.9. The molecule has 0 bridgehead atoms. The topological polar surface area (TPSA) is 0 Å². The molecule has 0 saturated heterocycles. The number of rotatable bonds is 4. The molecule has 1 saturated carbocycles. The van der Waals surface area contributed by atoms with Crippen LogP contribution in [0.25, 0.3) is 11.1 Å².